The van der Waals surface area contributed by atoms with Crippen LogP contribution in [0.15, 0.2) is 53.9 Å². The van der Waals surface area contributed by atoms with E-state index in [0.717, 1.165) is 17.7 Å². The van der Waals surface area contributed by atoms with E-state index in [1.165, 1.54) is 19.3 Å². The molecule has 0 radical (unpaired) electrons. The van der Waals surface area contributed by atoms with Crippen molar-refractivity contribution in [3.05, 3.63) is 59.9 Å². The number of rotatable bonds is 9. The Kier molecular flexibility index (Phi) is 7.47. The van der Waals surface area contributed by atoms with E-state index in [-0.39, 0.29) is 5.91 Å². The molecular weight excluding hydrogens is 302 g/mol. The van der Waals surface area contributed by atoms with Gasteiger partial charge in [0.15, 0.2) is 0 Å². The maximum Gasteiger partial charge on any atom is 0.271 e. The van der Waals surface area contributed by atoms with Gasteiger partial charge in [0, 0.05) is 23.5 Å². The Morgan fingerprint density at radius 2 is 2.04 bits per heavy atom. The van der Waals surface area contributed by atoms with Crippen LogP contribution in [0.3, 0.4) is 0 Å². The Morgan fingerprint density at radius 3 is 2.75 bits per heavy atom. The number of pyridine rings is 1. The molecule has 1 aromatic carbocycles. The van der Waals surface area contributed by atoms with E-state index in [1.54, 1.807) is 42.9 Å². The number of nitrogens with zero attached hydrogens (tertiary/aromatic N) is 2. The number of ether oxygens (including phenoxy) is 1. The molecule has 0 fully saturated rings. The summed E-state index contributed by atoms with van der Waals surface area (Å²) in [6.45, 7) is 2.90. The molecule has 1 heterocycles. The number of amides is 1. The minimum atomic E-state index is -0.260. The van der Waals surface area contributed by atoms with Crippen LogP contribution >= 0.6 is 0 Å². The molecule has 0 saturated heterocycles. The van der Waals surface area contributed by atoms with Crippen molar-refractivity contribution in [3.8, 4) is 5.75 Å². The minimum Gasteiger partial charge on any atom is -0.494 e. The van der Waals surface area contributed by atoms with Gasteiger partial charge in [0.05, 0.1) is 12.8 Å². The van der Waals surface area contributed by atoms with Crippen molar-refractivity contribution in [2.75, 3.05) is 6.61 Å². The summed E-state index contributed by atoms with van der Waals surface area (Å²) in [6, 6.07) is 10.7. The molecule has 0 aliphatic heterocycles. The van der Waals surface area contributed by atoms with E-state index < -0.39 is 0 Å². The van der Waals surface area contributed by atoms with Gasteiger partial charge in [-0.1, -0.05) is 32.3 Å². The van der Waals surface area contributed by atoms with Crippen LogP contribution < -0.4 is 10.2 Å². The molecule has 2 rings (SSSR count). The molecule has 1 amide bonds. The third-order valence-electron chi connectivity index (χ3n) is 3.45. The average molecular weight is 325 g/mol. The molecule has 0 atom stereocenters. The molecule has 0 saturated carbocycles. The summed E-state index contributed by atoms with van der Waals surface area (Å²) in [5.74, 6) is 0.520. The molecule has 0 bridgehead atoms. The van der Waals surface area contributed by atoms with E-state index >= 15 is 0 Å². The second kappa shape index (κ2) is 10.2. The van der Waals surface area contributed by atoms with Gasteiger partial charge in [-0.2, -0.15) is 5.10 Å². The van der Waals surface area contributed by atoms with Crippen LogP contribution in [0.5, 0.6) is 5.75 Å². The Bertz CT molecular complexity index is 639. The second-order valence-electron chi connectivity index (χ2n) is 5.42. The van der Waals surface area contributed by atoms with Gasteiger partial charge in [0.1, 0.15) is 5.75 Å². The predicted octanol–water partition coefficient (Wildman–Crippen LogP) is 3.80. The van der Waals surface area contributed by atoms with Crippen LogP contribution in [-0.4, -0.2) is 23.7 Å². The number of carbonyl (C=O) groups excluding carboxylic acids is 1. The largest absolute Gasteiger partial charge is 0.494 e. The van der Waals surface area contributed by atoms with Crippen molar-refractivity contribution in [1.29, 1.82) is 0 Å². The topological polar surface area (TPSA) is 63.6 Å². The first-order valence-electron chi connectivity index (χ1n) is 8.26. The highest BCUT2D eigenvalue weighted by molar-refractivity contribution is 5.94. The first-order valence-corrected chi connectivity index (χ1v) is 8.26. The summed E-state index contributed by atoms with van der Waals surface area (Å²) in [4.78, 5) is 16.0. The van der Waals surface area contributed by atoms with Crippen LogP contribution in [0.4, 0.5) is 0 Å². The molecule has 0 unspecified atom stereocenters. The first kappa shape index (κ1) is 17.7. The fourth-order valence-electron chi connectivity index (χ4n) is 2.10. The molecule has 1 aromatic heterocycles. The third-order valence-corrected chi connectivity index (χ3v) is 3.45. The second-order valence-corrected chi connectivity index (χ2v) is 5.42. The quantitative estimate of drug-likeness (QED) is 0.433. The molecule has 2 aromatic rings. The first-order chi connectivity index (χ1) is 11.8. The minimum absolute atomic E-state index is 0.260. The fourth-order valence-corrected chi connectivity index (χ4v) is 2.10. The van der Waals surface area contributed by atoms with Gasteiger partial charge < -0.3 is 4.74 Å². The number of carbonyl (C=O) groups is 1. The lowest BCUT2D eigenvalue weighted by atomic mass is 10.2. The smallest absolute Gasteiger partial charge is 0.271 e. The number of unbranched alkanes of at least 4 members (excludes halogenated alkanes) is 3. The number of hydrogen-bond acceptors (Lipinski definition) is 4. The maximum absolute atomic E-state index is 12.0. The average Bonchev–Trinajstić information content (AvgIpc) is 2.63. The zero-order valence-corrected chi connectivity index (χ0v) is 13.9. The Hall–Kier alpha value is -2.69. The van der Waals surface area contributed by atoms with Gasteiger partial charge in [-0.25, -0.2) is 5.43 Å². The van der Waals surface area contributed by atoms with Crippen LogP contribution in [-0.2, 0) is 0 Å². The van der Waals surface area contributed by atoms with Crippen LogP contribution in [0, 0.1) is 0 Å². The van der Waals surface area contributed by atoms with E-state index in [0.29, 0.717) is 12.2 Å². The van der Waals surface area contributed by atoms with Crippen molar-refractivity contribution in [1.82, 2.24) is 10.4 Å². The zero-order valence-electron chi connectivity index (χ0n) is 13.9. The van der Waals surface area contributed by atoms with Gasteiger partial charge in [-0.3, -0.25) is 9.78 Å². The van der Waals surface area contributed by atoms with Crippen molar-refractivity contribution < 1.29 is 9.53 Å². The van der Waals surface area contributed by atoms with Gasteiger partial charge >= 0.3 is 0 Å². The van der Waals surface area contributed by atoms with Crippen LogP contribution in [0.1, 0.15) is 48.5 Å². The van der Waals surface area contributed by atoms with E-state index in [1.807, 2.05) is 12.1 Å². The highest BCUT2D eigenvalue weighted by Gasteiger charge is 2.04. The maximum atomic E-state index is 12.0. The third kappa shape index (κ3) is 6.20. The molecule has 0 spiro atoms. The molecule has 5 heteroatoms. The zero-order chi connectivity index (χ0) is 17.0. The molecule has 0 aliphatic carbocycles. The number of hydrogen-bond donors (Lipinski definition) is 1. The molecule has 5 nitrogen and oxygen atoms in total. The molecule has 0 aliphatic rings. The summed E-state index contributed by atoms with van der Waals surface area (Å²) in [6.07, 6.45) is 9.60. The lowest BCUT2D eigenvalue weighted by molar-refractivity contribution is 0.0955. The monoisotopic (exact) mass is 325 g/mol. The number of benzene rings is 1. The van der Waals surface area contributed by atoms with Gasteiger partial charge in [0.25, 0.3) is 5.91 Å². The standard InChI is InChI=1S/C19H23N3O2/c1-2-3-4-5-13-24-18-10-8-17(9-11-18)19(23)22-21-15-16-7-6-12-20-14-16/h6-12,14-15H,2-5,13H2,1H3,(H,22,23)/b21-15+. The SMILES string of the molecule is CCCCCCOc1ccc(C(=O)N/N=C/c2cccnc2)cc1. The van der Waals surface area contributed by atoms with Gasteiger partial charge in [-0.05, 0) is 36.8 Å². The van der Waals surface area contributed by atoms with Crippen molar-refractivity contribution >= 4 is 12.1 Å². The highest BCUT2D eigenvalue weighted by atomic mass is 16.5. The fraction of sp³-hybridized carbons (Fsp3) is 0.316. The number of aromatic nitrogens is 1. The van der Waals surface area contributed by atoms with Gasteiger partial charge in [-0.15, -0.1) is 0 Å². The number of hydrazone groups is 1. The van der Waals surface area contributed by atoms with E-state index in [9.17, 15) is 4.79 Å². The van der Waals surface area contributed by atoms with Crippen molar-refractivity contribution in [2.24, 2.45) is 5.10 Å². The van der Waals surface area contributed by atoms with Crippen LogP contribution in [0.25, 0.3) is 0 Å². The normalized spacial score (nSPS) is 10.7. The van der Waals surface area contributed by atoms with Crippen LogP contribution in [0.2, 0.25) is 0 Å². The summed E-state index contributed by atoms with van der Waals surface area (Å²) >= 11 is 0. The molecule has 24 heavy (non-hydrogen) atoms. The van der Waals surface area contributed by atoms with Gasteiger partial charge in [0.2, 0.25) is 0 Å². The molecule has 1 N–H and O–H groups in total. The van der Waals surface area contributed by atoms with E-state index in [2.05, 4.69) is 22.4 Å². The Balaban J connectivity index is 1.77. The Labute approximate surface area is 142 Å². The van der Waals surface area contributed by atoms with E-state index in [4.69, 9.17) is 4.74 Å². The lowest BCUT2D eigenvalue weighted by Crippen LogP contribution is -2.17. The van der Waals surface area contributed by atoms with Crippen molar-refractivity contribution in [3.63, 3.8) is 0 Å². The summed E-state index contributed by atoms with van der Waals surface area (Å²) in [5.41, 5.74) is 3.86. The van der Waals surface area contributed by atoms with Crippen molar-refractivity contribution in [2.45, 2.75) is 32.6 Å². The number of nitrogens with one attached hydrogen (secondary N) is 1. The summed E-state index contributed by atoms with van der Waals surface area (Å²) < 4.78 is 5.66. The molecular formula is C19H23N3O2. The molecule has 126 valence electrons. The summed E-state index contributed by atoms with van der Waals surface area (Å²) in [5, 5.41) is 3.92. The lowest BCUT2D eigenvalue weighted by Gasteiger charge is -2.06. The highest BCUT2D eigenvalue weighted by Crippen LogP contribution is 2.13. The summed E-state index contributed by atoms with van der Waals surface area (Å²) in [7, 11) is 0. The Morgan fingerprint density at radius 1 is 1.21 bits per heavy atom. The predicted molar refractivity (Wildman–Crippen MR) is 95.4 cm³/mol.